The van der Waals surface area contributed by atoms with Gasteiger partial charge in [-0.2, -0.15) is 5.26 Å². The van der Waals surface area contributed by atoms with Gasteiger partial charge in [-0.15, -0.1) is 0 Å². The number of anilines is 3. The number of likely N-dealkylation sites (N-methyl/N-ethyl adjacent to an activating group) is 1. The first-order valence-electron chi connectivity index (χ1n) is 11.7. The van der Waals surface area contributed by atoms with Gasteiger partial charge in [0.2, 0.25) is 12.3 Å². The van der Waals surface area contributed by atoms with Gasteiger partial charge in [-0.3, -0.25) is 14.5 Å². The zero-order valence-corrected chi connectivity index (χ0v) is 19.9. The van der Waals surface area contributed by atoms with Crippen LogP contribution in [-0.4, -0.2) is 82.7 Å². The van der Waals surface area contributed by atoms with Crippen molar-refractivity contribution >= 4 is 29.5 Å². The molecular weight excluding hydrogens is 448 g/mol. The van der Waals surface area contributed by atoms with Crippen molar-refractivity contribution in [2.24, 2.45) is 0 Å². The van der Waals surface area contributed by atoms with E-state index in [2.05, 4.69) is 26.7 Å². The molecule has 2 aromatic rings. The summed E-state index contributed by atoms with van der Waals surface area (Å²) in [7, 11) is 1.90. The molecule has 2 aliphatic rings. The predicted molar refractivity (Wildman–Crippen MR) is 131 cm³/mol. The summed E-state index contributed by atoms with van der Waals surface area (Å²) in [6, 6.07) is 7.68. The van der Waals surface area contributed by atoms with Crippen LogP contribution in [0.2, 0.25) is 0 Å². The number of nitriles is 1. The van der Waals surface area contributed by atoms with Gasteiger partial charge >= 0.3 is 0 Å². The molecule has 1 aliphatic carbocycles. The molecule has 184 valence electrons. The van der Waals surface area contributed by atoms with Gasteiger partial charge in [0.05, 0.1) is 17.8 Å². The zero-order valence-electron chi connectivity index (χ0n) is 19.9. The van der Waals surface area contributed by atoms with Crippen LogP contribution >= 0.6 is 0 Å². The number of pyridine rings is 2. The minimum atomic E-state index is -1.17. The average Bonchev–Trinajstić information content (AvgIpc) is 3.66. The number of nitrogens with one attached hydrogen (secondary N) is 2. The van der Waals surface area contributed by atoms with Crippen LogP contribution in [-0.2, 0) is 11.3 Å². The minimum absolute atomic E-state index is 0.0138. The fourth-order valence-electron chi connectivity index (χ4n) is 3.95. The van der Waals surface area contributed by atoms with Gasteiger partial charge < -0.3 is 25.5 Å². The number of rotatable bonds is 10. The highest BCUT2D eigenvalue weighted by Gasteiger charge is 2.25. The van der Waals surface area contributed by atoms with E-state index < -0.39 is 6.35 Å². The van der Waals surface area contributed by atoms with Crippen LogP contribution in [0.4, 0.5) is 17.3 Å². The third-order valence-corrected chi connectivity index (χ3v) is 6.15. The van der Waals surface area contributed by atoms with Gasteiger partial charge in [-0.1, -0.05) is 6.07 Å². The lowest BCUT2D eigenvalue weighted by atomic mass is 10.1. The summed E-state index contributed by atoms with van der Waals surface area (Å²) in [5.41, 5.74) is 2.00. The van der Waals surface area contributed by atoms with E-state index in [1.807, 2.05) is 18.9 Å². The molecule has 1 amide bonds. The van der Waals surface area contributed by atoms with Crippen molar-refractivity contribution < 1.29 is 14.7 Å². The molecule has 4 rings (SSSR count). The maximum Gasteiger partial charge on any atom is 0.237 e. The largest absolute Gasteiger partial charge is 0.381 e. The number of nitrogens with zero attached hydrogens (tertiary/aromatic N) is 6. The first-order valence-corrected chi connectivity index (χ1v) is 11.7. The number of aldehydes is 1. The highest BCUT2D eigenvalue weighted by Crippen LogP contribution is 2.28. The Bertz CT molecular complexity index is 1130. The summed E-state index contributed by atoms with van der Waals surface area (Å²) in [5.74, 6) is 0.826. The second-order valence-electron chi connectivity index (χ2n) is 8.83. The number of amides is 1. The van der Waals surface area contributed by atoms with Gasteiger partial charge in [0.1, 0.15) is 23.4 Å². The van der Waals surface area contributed by atoms with Crippen LogP contribution in [0.3, 0.4) is 0 Å². The third-order valence-electron chi connectivity index (χ3n) is 6.15. The molecule has 3 N–H and O–H groups in total. The zero-order chi connectivity index (χ0) is 24.9. The molecule has 0 bridgehead atoms. The number of aliphatic hydroxyl groups is 1. The number of piperazine rings is 1. The minimum Gasteiger partial charge on any atom is -0.381 e. The van der Waals surface area contributed by atoms with E-state index >= 15 is 0 Å². The molecule has 0 spiro atoms. The fourth-order valence-corrected chi connectivity index (χ4v) is 3.95. The van der Waals surface area contributed by atoms with Crippen LogP contribution in [0.1, 0.15) is 41.4 Å². The lowest BCUT2D eigenvalue weighted by Gasteiger charge is -2.32. The molecule has 1 unspecified atom stereocenters. The smallest absolute Gasteiger partial charge is 0.237 e. The Morgan fingerprint density at radius 2 is 2.17 bits per heavy atom. The number of aromatic nitrogens is 2. The SMILES string of the molecule is CCN(c1ccc(CN2CCN(C)CC2=O)c(C=O)n1)C(O)Nc1cc(NC2CC2)c(C#N)cn1. The summed E-state index contributed by atoms with van der Waals surface area (Å²) < 4.78 is 0. The molecular formula is C24H30N8O3. The number of aliphatic hydroxyl groups excluding tert-OH is 1. The van der Waals surface area contributed by atoms with Crippen molar-refractivity contribution in [3.05, 3.63) is 41.2 Å². The van der Waals surface area contributed by atoms with Crippen molar-refractivity contribution in [1.29, 1.82) is 5.26 Å². The summed E-state index contributed by atoms with van der Waals surface area (Å²) in [6.07, 6.45) is 3.09. The number of hydrogen-bond acceptors (Lipinski definition) is 10. The fraction of sp³-hybridized carbons (Fsp3) is 0.458. The van der Waals surface area contributed by atoms with Crippen molar-refractivity contribution in [3.8, 4) is 6.07 Å². The highest BCUT2D eigenvalue weighted by molar-refractivity contribution is 5.80. The van der Waals surface area contributed by atoms with E-state index in [1.165, 1.54) is 6.20 Å². The molecule has 2 aromatic heterocycles. The summed E-state index contributed by atoms with van der Waals surface area (Å²) in [4.78, 5) is 38.1. The summed E-state index contributed by atoms with van der Waals surface area (Å²) >= 11 is 0. The van der Waals surface area contributed by atoms with Crippen LogP contribution in [0, 0.1) is 11.3 Å². The van der Waals surface area contributed by atoms with Crippen LogP contribution in [0.25, 0.3) is 0 Å². The monoisotopic (exact) mass is 478 g/mol. The van der Waals surface area contributed by atoms with Gasteiger partial charge in [-0.05, 0) is 32.9 Å². The van der Waals surface area contributed by atoms with Crippen LogP contribution < -0.4 is 15.5 Å². The molecule has 11 heteroatoms. The molecule has 35 heavy (non-hydrogen) atoms. The molecule has 11 nitrogen and oxygen atoms in total. The predicted octanol–water partition coefficient (Wildman–Crippen LogP) is 1.22. The topological polar surface area (TPSA) is 138 Å². The summed E-state index contributed by atoms with van der Waals surface area (Å²) in [5, 5.41) is 26.5. The Kier molecular flexibility index (Phi) is 7.43. The second-order valence-corrected chi connectivity index (χ2v) is 8.83. The van der Waals surface area contributed by atoms with Gasteiger partial charge in [0.15, 0.2) is 6.29 Å². The lowest BCUT2D eigenvalue weighted by Crippen LogP contribution is -2.48. The van der Waals surface area contributed by atoms with E-state index in [9.17, 15) is 20.0 Å². The Balaban J connectivity index is 1.48. The third kappa shape index (κ3) is 5.85. The number of hydrogen-bond donors (Lipinski definition) is 3. The van der Waals surface area contributed by atoms with Gasteiger partial charge in [0.25, 0.3) is 0 Å². The molecule has 0 radical (unpaired) electrons. The van der Waals surface area contributed by atoms with Crippen molar-refractivity contribution in [2.75, 3.05) is 48.8 Å². The van der Waals surface area contributed by atoms with Gasteiger partial charge in [0, 0.05) is 50.0 Å². The molecule has 1 saturated carbocycles. The Morgan fingerprint density at radius 1 is 1.37 bits per heavy atom. The normalized spacial score (nSPS) is 17.0. The van der Waals surface area contributed by atoms with E-state index in [-0.39, 0.29) is 11.6 Å². The van der Waals surface area contributed by atoms with Crippen molar-refractivity contribution in [1.82, 2.24) is 19.8 Å². The van der Waals surface area contributed by atoms with E-state index in [0.29, 0.717) is 67.0 Å². The second kappa shape index (κ2) is 10.7. The molecule has 1 saturated heterocycles. The Morgan fingerprint density at radius 3 is 2.83 bits per heavy atom. The van der Waals surface area contributed by atoms with Crippen LogP contribution in [0.15, 0.2) is 24.4 Å². The molecule has 0 aromatic carbocycles. The quantitative estimate of drug-likeness (QED) is 0.338. The molecule has 1 atom stereocenters. The van der Waals surface area contributed by atoms with E-state index in [1.54, 1.807) is 28.0 Å². The molecule has 1 aliphatic heterocycles. The number of carbonyl (C=O) groups is 2. The first kappa shape index (κ1) is 24.4. The average molecular weight is 479 g/mol. The van der Waals surface area contributed by atoms with Gasteiger partial charge in [-0.25, -0.2) is 9.97 Å². The first-order chi connectivity index (χ1) is 16.9. The summed E-state index contributed by atoms with van der Waals surface area (Å²) in [6.45, 7) is 4.29. The van der Waals surface area contributed by atoms with Crippen LogP contribution in [0.5, 0.6) is 0 Å². The highest BCUT2D eigenvalue weighted by atomic mass is 16.3. The number of carbonyl (C=O) groups excluding carboxylic acids is 2. The molecule has 2 fully saturated rings. The van der Waals surface area contributed by atoms with Crippen molar-refractivity contribution in [2.45, 2.75) is 38.7 Å². The maximum absolute atomic E-state index is 12.3. The molecule has 3 heterocycles. The Hall–Kier alpha value is -3.75. The lowest BCUT2D eigenvalue weighted by molar-refractivity contribution is -0.136. The van der Waals surface area contributed by atoms with E-state index in [4.69, 9.17) is 0 Å². The van der Waals surface area contributed by atoms with Crippen molar-refractivity contribution in [3.63, 3.8) is 0 Å². The van der Waals surface area contributed by atoms with E-state index in [0.717, 1.165) is 19.4 Å². The Labute approximate surface area is 204 Å². The maximum atomic E-state index is 12.3. The standard InChI is InChI=1S/C24H30N8O3/c1-3-32(24(35)29-21-10-19(27-18-5-6-18)17(11-25)12-26-21)22-7-4-16(20(15-33)28-22)13-31-9-8-30(2)14-23(31)34/h4,7,10,12,15,18,24,35H,3,5-6,8-9,13-14H2,1-2H3,(H2,26,27,29).